The van der Waals surface area contributed by atoms with Crippen molar-refractivity contribution in [2.45, 2.75) is 39.2 Å². The third-order valence-corrected chi connectivity index (χ3v) is 3.05. The molecule has 1 aliphatic rings. The van der Waals surface area contributed by atoms with Gasteiger partial charge in [-0.15, -0.1) is 0 Å². The van der Waals surface area contributed by atoms with Gasteiger partial charge in [-0.25, -0.2) is 0 Å². The number of carbonyl (C=O) groups is 1. The molecule has 0 saturated heterocycles. The monoisotopic (exact) mass is 184 g/mol. The van der Waals surface area contributed by atoms with Crippen molar-refractivity contribution in [1.29, 1.82) is 0 Å². The zero-order valence-electron chi connectivity index (χ0n) is 8.76. The van der Waals surface area contributed by atoms with Gasteiger partial charge in [0.25, 0.3) is 0 Å². The van der Waals surface area contributed by atoms with E-state index in [2.05, 4.69) is 19.2 Å². The Morgan fingerprint density at radius 1 is 1.46 bits per heavy atom. The maximum atomic E-state index is 11.6. The molecule has 0 heterocycles. The summed E-state index contributed by atoms with van der Waals surface area (Å²) in [7, 11) is 0. The minimum Gasteiger partial charge on any atom is -0.349 e. The van der Waals surface area contributed by atoms with E-state index in [0.29, 0.717) is 12.5 Å². The molecule has 3 N–H and O–H groups in total. The SMILES string of the molecule is CC(C)C(C)C(=O)NC1(CN)CC1. The molecule has 1 atom stereocenters. The second-order valence-electron chi connectivity index (χ2n) is 4.51. The van der Waals surface area contributed by atoms with Gasteiger partial charge in [0.05, 0.1) is 5.54 Å². The molecule has 13 heavy (non-hydrogen) atoms. The van der Waals surface area contributed by atoms with Gasteiger partial charge in [-0.2, -0.15) is 0 Å². The Morgan fingerprint density at radius 3 is 2.31 bits per heavy atom. The van der Waals surface area contributed by atoms with Gasteiger partial charge in [0.2, 0.25) is 5.91 Å². The van der Waals surface area contributed by atoms with Gasteiger partial charge in [-0.3, -0.25) is 4.79 Å². The molecule has 0 aromatic heterocycles. The molecule has 1 unspecified atom stereocenters. The number of nitrogens with one attached hydrogen (secondary N) is 1. The highest BCUT2D eigenvalue weighted by molar-refractivity contribution is 5.79. The van der Waals surface area contributed by atoms with Gasteiger partial charge in [0.1, 0.15) is 0 Å². The molecule has 1 aliphatic carbocycles. The average molecular weight is 184 g/mol. The minimum atomic E-state index is -0.0414. The van der Waals surface area contributed by atoms with Gasteiger partial charge in [-0.1, -0.05) is 20.8 Å². The molecule has 0 radical (unpaired) electrons. The number of hydrogen-bond donors (Lipinski definition) is 2. The van der Waals surface area contributed by atoms with E-state index in [0.717, 1.165) is 12.8 Å². The molecule has 1 saturated carbocycles. The molecule has 0 spiro atoms. The lowest BCUT2D eigenvalue weighted by molar-refractivity contribution is -0.126. The van der Waals surface area contributed by atoms with Crippen molar-refractivity contribution in [3.05, 3.63) is 0 Å². The van der Waals surface area contributed by atoms with Crippen LogP contribution >= 0.6 is 0 Å². The van der Waals surface area contributed by atoms with Crippen molar-refractivity contribution >= 4 is 5.91 Å². The second kappa shape index (κ2) is 3.66. The van der Waals surface area contributed by atoms with Crippen LogP contribution in [-0.2, 0) is 4.79 Å². The quantitative estimate of drug-likeness (QED) is 0.681. The molecule has 76 valence electrons. The summed E-state index contributed by atoms with van der Waals surface area (Å²) in [6.45, 7) is 6.66. The van der Waals surface area contributed by atoms with Gasteiger partial charge in [0, 0.05) is 12.5 Å². The highest BCUT2D eigenvalue weighted by atomic mass is 16.2. The van der Waals surface area contributed by atoms with E-state index < -0.39 is 0 Å². The summed E-state index contributed by atoms with van der Waals surface area (Å²) in [5.74, 6) is 0.635. The molecular weight excluding hydrogens is 164 g/mol. The standard InChI is InChI=1S/C10H20N2O/c1-7(2)8(3)9(13)12-10(6-11)4-5-10/h7-8H,4-6,11H2,1-3H3,(H,12,13). The van der Waals surface area contributed by atoms with E-state index in [4.69, 9.17) is 5.73 Å². The Kier molecular flexibility index (Phi) is 2.96. The van der Waals surface area contributed by atoms with Crippen molar-refractivity contribution in [2.24, 2.45) is 17.6 Å². The van der Waals surface area contributed by atoms with Crippen molar-refractivity contribution in [3.8, 4) is 0 Å². The molecule has 0 aliphatic heterocycles. The summed E-state index contributed by atoms with van der Waals surface area (Å²) in [4.78, 5) is 11.6. The number of amides is 1. The summed E-state index contributed by atoms with van der Waals surface area (Å²) in [6, 6.07) is 0. The molecule has 1 fully saturated rings. The highest BCUT2D eigenvalue weighted by Crippen LogP contribution is 2.34. The van der Waals surface area contributed by atoms with E-state index in [1.165, 1.54) is 0 Å². The summed E-state index contributed by atoms with van der Waals surface area (Å²) in [6.07, 6.45) is 2.08. The number of nitrogens with two attached hydrogens (primary N) is 1. The normalized spacial score (nSPS) is 21.3. The second-order valence-corrected chi connectivity index (χ2v) is 4.51. The van der Waals surface area contributed by atoms with E-state index >= 15 is 0 Å². The number of carbonyl (C=O) groups excluding carboxylic acids is 1. The molecule has 1 amide bonds. The molecule has 3 nitrogen and oxygen atoms in total. The highest BCUT2D eigenvalue weighted by Gasteiger charge is 2.43. The summed E-state index contributed by atoms with van der Waals surface area (Å²) < 4.78 is 0. The van der Waals surface area contributed by atoms with Crippen LogP contribution in [0.1, 0.15) is 33.6 Å². The summed E-state index contributed by atoms with van der Waals surface area (Å²) in [5, 5.41) is 3.03. The number of hydrogen-bond acceptors (Lipinski definition) is 2. The lowest BCUT2D eigenvalue weighted by Gasteiger charge is -2.20. The Bertz CT molecular complexity index is 197. The first-order valence-electron chi connectivity index (χ1n) is 5.03. The Morgan fingerprint density at radius 2 is 2.00 bits per heavy atom. The molecule has 1 rings (SSSR count). The molecule has 3 heteroatoms. The average Bonchev–Trinajstić information content (AvgIpc) is 2.84. The molecule has 0 aromatic rings. The first kappa shape index (κ1) is 10.5. The van der Waals surface area contributed by atoms with Crippen molar-refractivity contribution < 1.29 is 4.79 Å². The Hall–Kier alpha value is -0.570. The fourth-order valence-electron chi connectivity index (χ4n) is 1.21. The predicted molar refractivity (Wildman–Crippen MR) is 53.2 cm³/mol. The van der Waals surface area contributed by atoms with Crippen LogP contribution in [0.2, 0.25) is 0 Å². The molecule has 0 aromatic carbocycles. The van der Waals surface area contributed by atoms with Crippen molar-refractivity contribution in [3.63, 3.8) is 0 Å². The topological polar surface area (TPSA) is 55.1 Å². The van der Waals surface area contributed by atoms with Crippen LogP contribution in [0.3, 0.4) is 0 Å². The van der Waals surface area contributed by atoms with Crippen LogP contribution in [0.15, 0.2) is 0 Å². The first-order valence-corrected chi connectivity index (χ1v) is 5.03. The van der Waals surface area contributed by atoms with E-state index in [9.17, 15) is 4.79 Å². The van der Waals surface area contributed by atoms with Crippen LogP contribution < -0.4 is 11.1 Å². The van der Waals surface area contributed by atoms with Crippen LogP contribution in [0.5, 0.6) is 0 Å². The third kappa shape index (κ3) is 2.44. The lowest BCUT2D eigenvalue weighted by Crippen LogP contribution is -2.45. The number of rotatable bonds is 4. The zero-order valence-corrected chi connectivity index (χ0v) is 8.76. The summed E-state index contributed by atoms with van der Waals surface area (Å²) in [5.41, 5.74) is 5.54. The Balaban J connectivity index is 2.41. The fraction of sp³-hybridized carbons (Fsp3) is 0.900. The maximum Gasteiger partial charge on any atom is 0.223 e. The van der Waals surface area contributed by atoms with Gasteiger partial charge in [-0.05, 0) is 18.8 Å². The largest absolute Gasteiger partial charge is 0.349 e. The third-order valence-electron chi connectivity index (χ3n) is 3.05. The molecular formula is C10H20N2O. The van der Waals surface area contributed by atoms with Crippen LogP contribution in [0.25, 0.3) is 0 Å². The maximum absolute atomic E-state index is 11.6. The smallest absolute Gasteiger partial charge is 0.223 e. The van der Waals surface area contributed by atoms with Crippen LogP contribution in [0.4, 0.5) is 0 Å². The van der Waals surface area contributed by atoms with Crippen LogP contribution in [0, 0.1) is 11.8 Å². The fourth-order valence-corrected chi connectivity index (χ4v) is 1.21. The Labute approximate surface area is 80.1 Å². The lowest BCUT2D eigenvalue weighted by atomic mass is 9.97. The van der Waals surface area contributed by atoms with Crippen molar-refractivity contribution in [2.75, 3.05) is 6.54 Å². The van der Waals surface area contributed by atoms with Crippen LogP contribution in [-0.4, -0.2) is 18.0 Å². The van der Waals surface area contributed by atoms with Gasteiger partial charge >= 0.3 is 0 Å². The van der Waals surface area contributed by atoms with E-state index in [1.807, 2.05) is 6.92 Å². The predicted octanol–water partition coefficient (Wildman–Crippen LogP) is 0.886. The summed E-state index contributed by atoms with van der Waals surface area (Å²) >= 11 is 0. The van der Waals surface area contributed by atoms with Gasteiger partial charge < -0.3 is 11.1 Å². The first-order chi connectivity index (χ1) is 6.01. The molecule has 0 bridgehead atoms. The van der Waals surface area contributed by atoms with Crippen molar-refractivity contribution in [1.82, 2.24) is 5.32 Å². The van der Waals surface area contributed by atoms with E-state index in [-0.39, 0.29) is 17.4 Å². The van der Waals surface area contributed by atoms with Gasteiger partial charge in [0.15, 0.2) is 0 Å². The minimum absolute atomic E-state index is 0.0414. The van der Waals surface area contributed by atoms with E-state index in [1.54, 1.807) is 0 Å². The zero-order chi connectivity index (χ0) is 10.1.